The van der Waals surface area contributed by atoms with Crippen LogP contribution in [0.4, 0.5) is 11.4 Å². The van der Waals surface area contributed by atoms with Gasteiger partial charge in [-0.25, -0.2) is 0 Å². The number of carboxylic acid groups (broad SMARTS) is 1. The van der Waals surface area contributed by atoms with Gasteiger partial charge in [0.25, 0.3) is 5.69 Å². The van der Waals surface area contributed by atoms with Crippen molar-refractivity contribution in [1.29, 1.82) is 0 Å². The maximum absolute atomic E-state index is 11.0. The molecule has 0 bridgehead atoms. The normalized spacial score (nSPS) is 11.2. The molecule has 0 heterocycles. The molecule has 0 amide bonds. The molecule has 1 rings (SSSR count). The number of benzene rings is 1. The van der Waals surface area contributed by atoms with E-state index in [0.29, 0.717) is 15.7 Å². The maximum atomic E-state index is 11.0. The molecule has 0 saturated heterocycles. The van der Waals surface area contributed by atoms with Gasteiger partial charge in [0.15, 0.2) is 0 Å². The number of carboxylic acids is 1. The molecule has 0 spiro atoms. The number of hydrogen-bond acceptors (Lipinski definition) is 4. The van der Waals surface area contributed by atoms with E-state index in [2.05, 4.69) is 15.9 Å². The van der Waals surface area contributed by atoms with Gasteiger partial charge in [0.2, 0.25) is 0 Å². The second kappa shape index (κ2) is 5.78. The highest BCUT2D eigenvalue weighted by Gasteiger charge is 2.27. The van der Waals surface area contributed by atoms with Gasteiger partial charge < -0.3 is 10.0 Å². The van der Waals surface area contributed by atoms with Crippen molar-refractivity contribution in [2.45, 2.75) is 33.2 Å². The Balaban J connectivity index is 3.38. The van der Waals surface area contributed by atoms with E-state index in [-0.39, 0.29) is 12.2 Å². The lowest BCUT2D eigenvalue weighted by molar-refractivity contribution is -0.385. The average Bonchev–Trinajstić information content (AvgIpc) is 2.26. The number of rotatable bonds is 4. The molecule has 0 aliphatic carbocycles. The third kappa shape index (κ3) is 3.69. The zero-order chi connectivity index (χ0) is 15.7. The van der Waals surface area contributed by atoms with Crippen molar-refractivity contribution >= 4 is 33.3 Å². The van der Waals surface area contributed by atoms with Crippen LogP contribution in [0.5, 0.6) is 0 Å². The minimum atomic E-state index is -0.956. The van der Waals surface area contributed by atoms with Gasteiger partial charge in [-0.05, 0) is 49.7 Å². The van der Waals surface area contributed by atoms with Crippen molar-refractivity contribution in [2.24, 2.45) is 0 Å². The molecule has 0 unspecified atom stereocenters. The van der Waals surface area contributed by atoms with Crippen molar-refractivity contribution < 1.29 is 14.8 Å². The lowest BCUT2D eigenvalue weighted by atomic mass is 10.0. The fourth-order valence-corrected chi connectivity index (χ4v) is 2.42. The van der Waals surface area contributed by atoms with E-state index < -0.39 is 16.4 Å². The Hall–Kier alpha value is -1.63. The van der Waals surface area contributed by atoms with Gasteiger partial charge in [0.05, 0.1) is 10.6 Å². The third-order valence-electron chi connectivity index (χ3n) is 2.86. The van der Waals surface area contributed by atoms with Crippen LogP contribution in [0, 0.1) is 17.0 Å². The zero-order valence-corrected chi connectivity index (χ0v) is 13.4. The largest absolute Gasteiger partial charge is 0.480 e. The van der Waals surface area contributed by atoms with Crippen molar-refractivity contribution in [2.75, 3.05) is 11.4 Å². The van der Waals surface area contributed by atoms with Gasteiger partial charge in [-0.2, -0.15) is 0 Å². The first-order valence-corrected chi connectivity index (χ1v) is 6.77. The summed E-state index contributed by atoms with van der Waals surface area (Å²) in [5.74, 6) is -0.956. The fraction of sp³-hybridized carbons (Fsp3) is 0.462. The quantitative estimate of drug-likeness (QED) is 0.668. The fourth-order valence-electron chi connectivity index (χ4n) is 1.88. The molecule has 1 N–H and O–H groups in total. The van der Waals surface area contributed by atoms with E-state index in [9.17, 15) is 14.9 Å². The van der Waals surface area contributed by atoms with Gasteiger partial charge >= 0.3 is 5.97 Å². The summed E-state index contributed by atoms with van der Waals surface area (Å²) in [6, 6.07) is 3.04. The summed E-state index contributed by atoms with van der Waals surface area (Å²) in [6.07, 6.45) is 0. The SMILES string of the molecule is Cc1cc(N(CC(=O)O)C(C)(C)C)c(Br)cc1[N+](=O)[O-]. The molecule has 0 fully saturated rings. The molecule has 0 saturated carbocycles. The molecule has 0 atom stereocenters. The maximum Gasteiger partial charge on any atom is 0.323 e. The van der Waals surface area contributed by atoms with Crippen LogP contribution in [-0.2, 0) is 4.79 Å². The van der Waals surface area contributed by atoms with Gasteiger partial charge in [-0.3, -0.25) is 14.9 Å². The number of nitrogens with zero attached hydrogens (tertiary/aromatic N) is 2. The van der Waals surface area contributed by atoms with Crippen LogP contribution in [0.2, 0.25) is 0 Å². The summed E-state index contributed by atoms with van der Waals surface area (Å²) in [4.78, 5) is 23.2. The summed E-state index contributed by atoms with van der Waals surface area (Å²) >= 11 is 3.29. The molecule has 110 valence electrons. The first-order valence-electron chi connectivity index (χ1n) is 5.98. The number of aryl methyl sites for hydroxylation is 1. The first kappa shape index (κ1) is 16.4. The molecule has 0 aromatic heterocycles. The van der Waals surface area contributed by atoms with E-state index in [1.807, 2.05) is 20.8 Å². The van der Waals surface area contributed by atoms with E-state index >= 15 is 0 Å². The second-order valence-electron chi connectivity index (χ2n) is 5.50. The van der Waals surface area contributed by atoms with Crippen LogP contribution >= 0.6 is 15.9 Å². The molecule has 20 heavy (non-hydrogen) atoms. The van der Waals surface area contributed by atoms with Gasteiger partial charge in [0.1, 0.15) is 6.54 Å². The molecular formula is C13H17BrN2O4. The Labute approximate surface area is 125 Å². The Morgan fingerprint density at radius 3 is 2.40 bits per heavy atom. The minimum Gasteiger partial charge on any atom is -0.480 e. The molecular weight excluding hydrogens is 328 g/mol. The number of hydrogen-bond donors (Lipinski definition) is 1. The van der Waals surface area contributed by atoms with Gasteiger partial charge in [0, 0.05) is 21.6 Å². The topological polar surface area (TPSA) is 83.7 Å². The van der Waals surface area contributed by atoms with Crippen molar-refractivity contribution in [1.82, 2.24) is 0 Å². The van der Waals surface area contributed by atoms with Crippen LogP contribution in [0.3, 0.4) is 0 Å². The summed E-state index contributed by atoms with van der Waals surface area (Å²) < 4.78 is 0.506. The van der Waals surface area contributed by atoms with Gasteiger partial charge in [-0.15, -0.1) is 0 Å². The number of carbonyl (C=O) groups is 1. The molecule has 6 nitrogen and oxygen atoms in total. The monoisotopic (exact) mass is 344 g/mol. The summed E-state index contributed by atoms with van der Waals surface area (Å²) in [5, 5.41) is 20.0. The number of halogens is 1. The molecule has 0 radical (unpaired) electrons. The van der Waals surface area contributed by atoms with Crippen LogP contribution in [0.1, 0.15) is 26.3 Å². The summed E-state index contributed by atoms with van der Waals surface area (Å²) in [6.45, 7) is 7.12. The van der Waals surface area contributed by atoms with E-state index in [4.69, 9.17) is 5.11 Å². The predicted octanol–water partition coefficient (Wildman–Crippen LogP) is 3.36. The number of nitro groups is 1. The Bertz CT molecular complexity index is 552. The van der Waals surface area contributed by atoms with Crippen LogP contribution in [0.25, 0.3) is 0 Å². The standard InChI is InChI=1S/C13H17BrN2O4/c1-8-5-11(9(14)6-10(8)16(19)20)15(7-12(17)18)13(2,3)4/h5-6H,7H2,1-4H3,(H,17,18). The molecule has 1 aromatic rings. The third-order valence-corrected chi connectivity index (χ3v) is 3.49. The molecule has 7 heteroatoms. The summed E-state index contributed by atoms with van der Waals surface area (Å²) in [5.41, 5.74) is 0.698. The second-order valence-corrected chi connectivity index (χ2v) is 6.35. The molecule has 0 aliphatic rings. The van der Waals surface area contributed by atoms with E-state index in [0.717, 1.165) is 0 Å². The lowest BCUT2D eigenvalue weighted by Crippen LogP contribution is -2.44. The highest BCUT2D eigenvalue weighted by atomic mass is 79.9. The first-order chi connectivity index (χ1) is 9.04. The van der Waals surface area contributed by atoms with Crippen LogP contribution in [-0.4, -0.2) is 28.1 Å². The molecule has 0 aliphatic heterocycles. The van der Waals surface area contributed by atoms with Crippen LogP contribution < -0.4 is 4.90 Å². The zero-order valence-electron chi connectivity index (χ0n) is 11.8. The average molecular weight is 345 g/mol. The lowest BCUT2D eigenvalue weighted by Gasteiger charge is -2.37. The van der Waals surface area contributed by atoms with Crippen molar-refractivity contribution in [3.05, 3.63) is 32.3 Å². The smallest absolute Gasteiger partial charge is 0.323 e. The summed E-state index contributed by atoms with van der Waals surface area (Å²) in [7, 11) is 0. The number of anilines is 1. The Morgan fingerprint density at radius 2 is 2.00 bits per heavy atom. The van der Waals surface area contributed by atoms with Crippen molar-refractivity contribution in [3.63, 3.8) is 0 Å². The van der Waals surface area contributed by atoms with Gasteiger partial charge in [-0.1, -0.05) is 0 Å². The molecule has 1 aromatic carbocycles. The highest BCUT2D eigenvalue weighted by Crippen LogP contribution is 2.36. The number of aliphatic carboxylic acids is 1. The van der Waals surface area contributed by atoms with Crippen LogP contribution in [0.15, 0.2) is 16.6 Å². The number of nitro benzene ring substituents is 1. The van der Waals surface area contributed by atoms with Crippen molar-refractivity contribution in [3.8, 4) is 0 Å². The highest BCUT2D eigenvalue weighted by molar-refractivity contribution is 9.10. The van der Waals surface area contributed by atoms with E-state index in [1.54, 1.807) is 17.9 Å². The Morgan fingerprint density at radius 1 is 1.45 bits per heavy atom. The van der Waals surface area contributed by atoms with E-state index in [1.165, 1.54) is 6.07 Å². The minimum absolute atomic E-state index is 0.00445. The predicted molar refractivity (Wildman–Crippen MR) is 80.3 cm³/mol. The Kier molecular flexibility index (Phi) is 4.75.